The fourth-order valence-corrected chi connectivity index (χ4v) is 2.52. The fraction of sp³-hybridized carbons (Fsp3) is 0.533. The first-order valence-corrected chi connectivity index (χ1v) is 6.98. The summed E-state index contributed by atoms with van der Waals surface area (Å²) in [6.07, 6.45) is 3.76. The zero-order valence-electron chi connectivity index (χ0n) is 11.8. The molecule has 2 rings (SSSR count). The highest BCUT2D eigenvalue weighted by Gasteiger charge is 2.30. The SMILES string of the molecule is COc1cccc(NC(=O)CNCC2(O)CCCC2)c1. The van der Waals surface area contributed by atoms with Crippen molar-refractivity contribution in [3.63, 3.8) is 0 Å². The van der Waals surface area contributed by atoms with Crippen molar-refractivity contribution >= 4 is 11.6 Å². The summed E-state index contributed by atoms with van der Waals surface area (Å²) >= 11 is 0. The number of methoxy groups -OCH3 is 1. The Labute approximate surface area is 119 Å². The number of hydrogen-bond donors (Lipinski definition) is 3. The molecule has 3 N–H and O–H groups in total. The molecule has 1 aliphatic rings. The Bertz CT molecular complexity index is 456. The molecule has 0 atom stereocenters. The first kappa shape index (κ1) is 14.8. The van der Waals surface area contributed by atoms with Gasteiger partial charge in [-0.25, -0.2) is 0 Å². The van der Waals surface area contributed by atoms with E-state index in [4.69, 9.17) is 4.74 Å². The van der Waals surface area contributed by atoms with E-state index in [0.717, 1.165) is 25.7 Å². The molecule has 5 nitrogen and oxygen atoms in total. The van der Waals surface area contributed by atoms with Gasteiger partial charge in [-0.2, -0.15) is 0 Å². The quantitative estimate of drug-likeness (QED) is 0.738. The highest BCUT2D eigenvalue weighted by Crippen LogP contribution is 2.28. The van der Waals surface area contributed by atoms with E-state index in [0.29, 0.717) is 18.0 Å². The smallest absolute Gasteiger partial charge is 0.238 e. The molecule has 1 aromatic rings. The average molecular weight is 278 g/mol. The lowest BCUT2D eigenvalue weighted by atomic mass is 10.0. The summed E-state index contributed by atoms with van der Waals surface area (Å²) in [5.41, 5.74) is 0.0757. The topological polar surface area (TPSA) is 70.6 Å². The lowest BCUT2D eigenvalue weighted by molar-refractivity contribution is -0.115. The highest BCUT2D eigenvalue weighted by atomic mass is 16.5. The molecule has 20 heavy (non-hydrogen) atoms. The second-order valence-electron chi connectivity index (χ2n) is 5.32. The molecule has 1 saturated carbocycles. The summed E-state index contributed by atoms with van der Waals surface area (Å²) in [6.45, 7) is 0.665. The number of rotatable bonds is 6. The Kier molecular flexibility index (Phi) is 4.98. The molecule has 0 heterocycles. The molecule has 0 bridgehead atoms. The standard InChI is InChI=1S/C15H22N2O3/c1-20-13-6-4-5-12(9-13)17-14(18)10-16-11-15(19)7-2-3-8-15/h4-6,9,16,19H,2-3,7-8,10-11H2,1H3,(H,17,18). The molecule has 1 aromatic carbocycles. The Morgan fingerprint density at radius 3 is 2.85 bits per heavy atom. The second-order valence-corrected chi connectivity index (χ2v) is 5.32. The average Bonchev–Trinajstić information content (AvgIpc) is 2.86. The van der Waals surface area contributed by atoms with Crippen molar-refractivity contribution in [3.05, 3.63) is 24.3 Å². The molecule has 1 amide bonds. The van der Waals surface area contributed by atoms with Crippen LogP contribution in [0.2, 0.25) is 0 Å². The van der Waals surface area contributed by atoms with Crippen LogP contribution in [0.4, 0.5) is 5.69 Å². The molecular weight excluding hydrogens is 256 g/mol. The van der Waals surface area contributed by atoms with Crippen molar-refractivity contribution in [1.29, 1.82) is 0 Å². The first-order chi connectivity index (χ1) is 9.61. The summed E-state index contributed by atoms with van der Waals surface area (Å²) in [5, 5.41) is 16.0. The Morgan fingerprint density at radius 2 is 2.15 bits per heavy atom. The van der Waals surface area contributed by atoms with Crippen molar-refractivity contribution in [2.75, 3.05) is 25.5 Å². The minimum atomic E-state index is -0.629. The number of benzene rings is 1. The van der Waals surface area contributed by atoms with E-state index in [-0.39, 0.29) is 12.5 Å². The van der Waals surface area contributed by atoms with Crippen LogP contribution < -0.4 is 15.4 Å². The normalized spacial score (nSPS) is 16.9. The second kappa shape index (κ2) is 6.72. The van der Waals surface area contributed by atoms with Crippen molar-refractivity contribution in [1.82, 2.24) is 5.32 Å². The molecule has 0 aliphatic heterocycles. The van der Waals surface area contributed by atoms with Gasteiger partial charge >= 0.3 is 0 Å². The molecule has 1 fully saturated rings. The van der Waals surface area contributed by atoms with Gasteiger partial charge in [-0.1, -0.05) is 18.9 Å². The Hall–Kier alpha value is -1.59. The van der Waals surface area contributed by atoms with Gasteiger partial charge in [-0.3, -0.25) is 4.79 Å². The molecular formula is C15H22N2O3. The maximum absolute atomic E-state index is 11.8. The summed E-state index contributed by atoms with van der Waals surface area (Å²) in [4.78, 5) is 11.8. The third-order valence-electron chi connectivity index (χ3n) is 3.63. The van der Waals surface area contributed by atoms with E-state index in [2.05, 4.69) is 10.6 Å². The molecule has 110 valence electrons. The first-order valence-electron chi connectivity index (χ1n) is 6.98. The number of anilines is 1. The van der Waals surface area contributed by atoms with Crippen LogP contribution in [0.25, 0.3) is 0 Å². The van der Waals surface area contributed by atoms with Gasteiger partial charge in [0, 0.05) is 18.3 Å². The zero-order valence-corrected chi connectivity index (χ0v) is 11.8. The Morgan fingerprint density at radius 1 is 1.40 bits per heavy atom. The molecule has 0 aromatic heterocycles. The maximum Gasteiger partial charge on any atom is 0.238 e. The molecule has 0 radical (unpaired) electrons. The maximum atomic E-state index is 11.8. The molecule has 0 saturated heterocycles. The monoisotopic (exact) mass is 278 g/mol. The lowest BCUT2D eigenvalue weighted by Gasteiger charge is -2.22. The van der Waals surface area contributed by atoms with Crippen molar-refractivity contribution in [3.8, 4) is 5.75 Å². The van der Waals surface area contributed by atoms with Crippen LogP contribution >= 0.6 is 0 Å². The van der Waals surface area contributed by atoms with E-state index in [1.165, 1.54) is 0 Å². The lowest BCUT2D eigenvalue weighted by Crippen LogP contribution is -2.41. The van der Waals surface area contributed by atoms with E-state index < -0.39 is 5.60 Å². The van der Waals surface area contributed by atoms with Crippen molar-refractivity contribution < 1.29 is 14.6 Å². The van der Waals surface area contributed by atoms with Gasteiger partial charge in [0.25, 0.3) is 0 Å². The molecule has 0 unspecified atom stereocenters. The van der Waals surface area contributed by atoms with E-state index >= 15 is 0 Å². The number of carbonyl (C=O) groups is 1. The van der Waals surface area contributed by atoms with E-state index in [1.54, 1.807) is 13.2 Å². The van der Waals surface area contributed by atoms with Gasteiger partial charge in [-0.15, -0.1) is 0 Å². The van der Waals surface area contributed by atoms with Gasteiger partial charge in [0.1, 0.15) is 5.75 Å². The van der Waals surface area contributed by atoms with Crippen LogP contribution in [0.3, 0.4) is 0 Å². The largest absolute Gasteiger partial charge is 0.497 e. The zero-order chi connectivity index (χ0) is 14.4. The molecule has 0 spiro atoms. The highest BCUT2D eigenvalue weighted by molar-refractivity contribution is 5.92. The van der Waals surface area contributed by atoms with Gasteiger partial charge < -0.3 is 20.5 Å². The molecule has 5 heteroatoms. The molecule has 1 aliphatic carbocycles. The Balaban J connectivity index is 1.74. The number of carbonyl (C=O) groups excluding carboxylic acids is 1. The number of amides is 1. The van der Waals surface area contributed by atoms with Gasteiger partial charge in [-0.05, 0) is 25.0 Å². The van der Waals surface area contributed by atoms with E-state index in [1.807, 2.05) is 18.2 Å². The summed E-state index contributed by atoms with van der Waals surface area (Å²) < 4.78 is 5.10. The number of aliphatic hydroxyl groups is 1. The fourth-order valence-electron chi connectivity index (χ4n) is 2.52. The van der Waals surface area contributed by atoms with Crippen LogP contribution in [-0.2, 0) is 4.79 Å². The van der Waals surface area contributed by atoms with Crippen molar-refractivity contribution in [2.24, 2.45) is 0 Å². The van der Waals surface area contributed by atoms with Crippen LogP contribution in [0.15, 0.2) is 24.3 Å². The number of hydrogen-bond acceptors (Lipinski definition) is 4. The van der Waals surface area contributed by atoms with Gasteiger partial charge in [0.2, 0.25) is 5.91 Å². The predicted molar refractivity (Wildman–Crippen MR) is 77.9 cm³/mol. The third kappa shape index (κ3) is 4.21. The van der Waals surface area contributed by atoms with Crippen LogP contribution in [-0.4, -0.2) is 36.8 Å². The summed E-state index contributed by atoms with van der Waals surface area (Å²) in [5.74, 6) is 0.580. The van der Waals surface area contributed by atoms with Crippen LogP contribution in [0.1, 0.15) is 25.7 Å². The van der Waals surface area contributed by atoms with Crippen LogP contribution in [0, 0.1) is 0 Å². The van der Waals surface area contributed by atoms with Gasteiger partial charge in [0.05, 0.1) is 19.3 Å². The summed E-state index contributed by atoms with van der Waals surface area (Å²) in [7, 11) is 1.59. The van der Waals surface area contributed by atoms with Crippen molar-refractivity contribution in [2.45, 2.75) is 31.3 Å². The minimum absolute atomic E-state index is 0.125. The predicted octanol–water partition coefficient (Wildman–Crippen LogP) is 1.53. The number of ether oxygens (including phenoxy) is 1. The summed E-state index contributed by atoms with van der Waals surface area (Å²) in [6, 6.07) is 7.22. The number of nitrogens with one attached hydrogen (secondary N) is 2. The third-order valence-corrected chi connectivity index (χ3v) is 3.63. The van der Waals surface area contributed by atoms with E-state index in [9.17, 15) is 9.90 Å². The minimum Gasteiger partial charge on any atom is -0.497 e. The van der Waals surface area contributed by atoms with Crippen LogP contribution in [0.5, 0.6) is 5.75 Å². The van der Waals surface area contributed by atoms with Gasteiger partial charge in [0.15, 0.2) is 0 Å².